The molecule has 0 amide bonds. The molecule has 1 aliphatic heterocycles. The normalized spacial score (nSPS) is 15.2. The number of aryl methyl sites for hydroxylation is 1. The average molecular weight is 398 g/mol. The quantitative estimate of drug-likeness (QED) is 0.663. The van der Waals surface area contributed by atoms with Crippen molar-refractivity contribution in [2.75, 3.05) is 31.5 Å². The van der Waals surface area contributed by atoms with Gasteiger partial charge in [-0.1, -0.05) is 37.3 Å². The number of rotatable bonds is 4. The number of hydrogen-bond acceptors (Lipinski definition) is 3. The van der Waals surface area contributed by atoms with E-state index in [1.165, 1.54) is 15.3 Å². The van der Waals surface area contributed by atoms with Crippen molar-refractivity contribution in [3.8, 4) is 0 Å². The van der Waals surface area contributed by atoms with Crippen LogP contribution in [0.25, 0.3) is 10.2 Å². The largest absolute Gasteiger partial charge is 0.338 e. The lowest BCUT2D eigenvalue weighted by atomic mass is 10.1. The van der Waals surface area contributed by atoms with Crippen LogP contribution in [0.5, 0.6) is 0 Å². The SMILES string of the molecule is CCc1ccccc1NC(=S)N1CC[NH+](Cc2nc3ccccc3s2)CC1. The van der Waals surface area contributed by atoms with Gasteiger partial charge < -0.3 is 15.1 Å². The number of hydrogen-bond donors (Lipinski definition) is 2. The fraction of sp³-hybridized carbons (Fsp3) is 0.333. The van der Waals surface area contributed by atoms with E-state index in [1.54, 1.807) is 4.90 Å². The van der Waals surface area contributed by atoms with Crippen molar-refractivity contribution in [3.05, 3.63) is 59.1 Å². The molecule has 140 valence electrons. The molecule has 1 aromatic heterocycles. The van der Waals surface area contributed by atoms with Gasteiger partial charge in [0.15, 0.2) is 5.11 Å². The summed E-state index contributed by atoms with van der Waals surface area (Å²) in [6.07, 6.45) is 1.01. The van der Waals surface area contributed by atoms with Crippen molar-refractivity contribution in [1.82, 2.24) is 9.88 Å². The maximum Gasteiger partial charge on any atom is 0.173 e. The Labute approximate surface area is 169 Å². The van der Waals surface area contributed by atoms with Crippen molar-refractivity contribution >= 4 is 44.6 Å². The highest BCUT2D eigenvalue weighted by atomic mass is 32.1. The van der Waals surface area contributed by atoms with Crippen LogP contribution in [-0.4, -0.2) is 41.2 Å². The summed E-state index contributed by atoms with van der Waals surface area (Å²) in [6.45, 7) is 7.33. The molecular weight excluding hydrogens is 372 g/mol. The van der Waals surface area contributed by atoms with Crippen LogP contribution >= 0.6 is 23.6 Å². The van der Waals surface area contributed by atoms with Crippen LogP contribution in [0.4, 0.5) is 5.69 Å². The monoisotopic (exact) mass is 397 g/mol. The Balaban J connectivity index is 1.32. The molecule has 4 rings (SSSR count). The van der Waals surface area contributed by atoms with Crippen molar-refractivity contribution in [2.45, 2.75) is 19.9 Å². The van der Waals surface area contributed by atoms with Gasteiger partial charge in [-0.15, -0.1) is 11.3 Å². The number of benzene rings is 2. The Morgan fingerprint density at radius 3 is 2.67 bits per heavy atom. The van der Waals surface area contributed by atoms with E-state index >= 15 is 0 Å². The fourth-order valence-corrected chi connectivity index (χ4v) is 4.89. The first-order valence-corrected chi connectivity index (χ1v) is 10.8. The summed E-state index contributed by atoms with van der Waals surface area (Å²) in [5.74, 6) is 0. The number of thiocarbonyl (C=S) groups is 1. The molecule has 4 nitrogen and oxygen atoms in total. The number of nitrogens with one attached hydrogen (secondary N) is 2. The van der Waals surface area contributed by atoms with Crippen LogP contribution in [0.2, 0.25) is 0 Å². The van der Waals surface area contributed by atoms with E-state index in [9.17, 15) is 0 Å². The molecule has 1 saturated heterocycles. The highest BCUT2D eigenvalue weighted by Gasteiger charge is 2.23. The minimum Gasteiger partial charge on any atom is -0.338 e. The molecule has 0 saturated carbocycles. The van der Waals surface area contributed by atoms with Crippen LogP contribution in [0.15, 0.2) is 48.5 Å². The summed E-state index contributed by atoms with van der Waals surface area (Å²) in [5.41, 5.74) is 3.56. The highest BCUT2D eigenvalue weighted by Crippen LogP contribution is 2.21. The second-order valence-corrected chi connectivity index (χ2v) is 8.43. The van der Waals surface area contributed by atoms with E-state index in [-0.39, 0.29) is 0 Å². The number of piperazine rings is 1. The summed E-state index contributed by atoms with van der Waals surface area (Å²) in [6, 6.07) is 16.8. The molecule has 0 spiro atoms. The predicted octanol–water partition coefficient (Wildman–Crippen LogP) is 2.96. The van der Waals surface area contributed by atoms with E-state index in [4.69, 9.17) is 17.2 Å². The highest BCUT2D eigenvalue weighted by molar-refractivity contribution is 7.80. The Bertz CT molecular complexity index is 896. The third-order valence-corrected chi connectivity index (χ3v) is 6.53. The standard InChI is InChI=1S/C21H24N4S2/c1-2-16-7-3-4-8-17(16)23-21(26)25-13-11-24(12-14-25)15-20-22-18-9-5-6-10-19(18)27-20/h3-10H,2,11-15H2,1H3,(H,23,26)/p+1. The van der Waals surface area contributed by atoms with Crippen LogP contribution in [0.1, 0.15) is 17.5 Å². The van der Waals surface area contributed by atoms with Crippen LogP contribution in [-0.2, 0) is 13.0 Å². The lowest BCUT2D eigenvalue weighted by Crippen LogP contribution is -3.13. The Kier molecular flexibility index (Phi) is 5.66. The zero-order valence-electron chi connectivity index (χ0n) is 15.6. The fourth-order valence-electron chi connectivity index (χ4n) is 3.56. The second kappa shape index (κ2) is 8.33. The Morgan fingerprint density at radius 2 is 1.89 bits per heavy atom. The van der Waals surface area contributed by atoms with Crippen molar-refractivity contribution in [1.29, 1.82) is 0 Å². The Morgan fingerprint density at radius 1 is 1.15 bits per heavy atom. The second-order valence-electron chi connectivity index (χ2n) is 6.93. The van der Waals surface area contributed by atoms with Crippen LogP contribution in [0.3, 0.4) is 0 Å². The Hall–Kier alpha value is -2.02. The van der Waals surface area contributed by atoms with E-state index < -0.39 is 0 Å². The van der Waals surface area contributed by atoms with Crippen LogP contribution < -0.4 is 10.2 Å². The van der Waals surface area contributed by atoms with Gasteiger partial charge in [0.25, 0.3) is 0 Å². The van der Waals surface area contributed by atoms with Gasteiger partial charge in [-0.25, -0.2) is 4.98 Å². The average Bonchev–Trinajstić information content (AvgIpc) is 3.11. The smallest absolute Gasteiger partial charge is 0.173 e. The first-order valence-electron chi connectivity index (χ1n) is 9.55. The molecule has 6 heteroatoms. The molecule has 0 bridgehead atoms. The van der Waals surface area contributed by atoms with Crippen LogP contribution in [0, 0.1) is 0 Å². The number of para-hydroxylation sites is 2. The van der Waals surface area contributed by atoms with Gasteiger partial charge in [0.1, 0.15) is 11.6 Å². The number of aromatic nitrogens is 1. The summed E-state index contributed by atoms with van der Waals surface area (Å²) < 4.78 is 1.28. The first-order chi connectivity index (χ1) is 13.2. The maximum atomic E-state index is 5.67. The molecule has 0 unspecified atom stereocenters. The summed E-state index contributed by atoms with van der Waals surface area (Å²) in [4.78, 5) is 8.66. The molecule has 27 heavy (non-hydrogen) atoms. The minimum atomic E-state index is 0.843. The van der Waals surface area contributed by atoms with Gasteiger partial charge in [-0.05, 0) is 42.4 Å². The molecular formula is C21H25N4S2+. The molecule has 2 N–H and O–H groups in total. The number of fused-ring (bicyclic) bond motifs is 1. The molecule has 2 heterocycles. The topological polar surface area (TPSA) is 32.6 Å². The molecule has 1 aliphatic rings. The molecule has 0 atom stereocenters. The number of anilines is 1. The van der Waals surface area contributed by atoms with Gasteiger partial charge in [0, 0.05) is 5.69 Å². The zero-order chi connectivity index (χ0) is 18.6. The van der Waals surface area contributed by atoms with E-state index in [1.807, 2.05) is 11.3 Å². The van der Waals surface area contributed by atoms with Gasteiger partial charge >= 0.3 is 0 Å². The predicted molar refractivity (Wildman–Crippen MR) is 118 cm³/mol. The third-order valence-electron chi connectivity index (χ3n) is 5.14. The summed E-state index contributed by atoms with van der Waals surface area (Å²) in [7, 11) is 0. The molecule has 0 radical (unpaired) electrons. The molecule has 3 aromatic rings. The van der Waals surface area contributed by atoms with Crippen molar-refractivity contribution in [2.24, 2.45) is 0 Å². The molecule has 2 aromatic carbocycles. The van der Waals surface area contributed by atoms with Crippen molar-refractivity contribution < 1.29 is 4.90 Å². The molecule has 0 aliphatic carbocycles. The minimum absolute atomic E-state index is 0.843. The summed E-state index contributed by atoms with van der Waals surface area (Å²) in [5, 5.41) is 5.53. The lowest BCUT2D eigenvalue weighted by molar-refractivity contribution is -0.917. The number of nitrogens with zero attached hydrogens (tertiary/aromatic N) is 2. The maximum absolute atomic E-state index is 5.67. The van der Waals surface area contributed by atoms with Gasteiger partial charge in [0.2, 0.25) is 0 Å². The third kappa shape index (κ3) is 4.29. The number of thiazole rings is 1. The van der Waals surface area contributed by atoms with Crippen molar-refractivity contribution in [3.63, 3.8) is 0 Å². The molecule has 1 fully saturated rings. The zero-order valence-corrected chi connectivity index (χ0v) is 17.2. The van der Waals surface area contributed by atoms with Gasteiger partial charge in [-0.2, -0.15) is 0 Å². The number of quaternary nitrogens is 1. The van der Waals surface area contributed by atoms with E-state index in [2.05, 4.69) is 65.7 Å². The summed E-state index contributed by atoms with van der Waals surface area (Å²) >= 11 is 7.49. The lowest BCUT2D eigenvalue weighted by Gasteiger charge is -2.33. The van der Waals surface area contributed by atoms with Gasteiger partial charge in [0.05, 0.1) is 36.4 Å². The first kappa shape index (κ1) is 18.3. The van der Waals surface area contributed by atoms with E-state index in [0.29, 0.717) is 0 Å². The van der Waals surface area contributed by atoms with Gasteiger partial charge in [-0.3, -0.25) is 0 Å². The van der Waals surface area contributed by atoms with E-state index in [0.717, 1.165) is 55.5 Å².